The van der Waals surface area contributed by atoms with E-state index in [-0.39, 0.29) is 12.9 Å². The Labute approximate surface area is 104 Å². The number of aliphatic hydroxyl groups is 1. The summed E-state index contributed by atoms with van der Waals surface area (Å²) in [7, 11) is 0. The first kappa shape index (κ1) is 11.9. The summed E-state index contributed by atoms with van der Waals surface area (Å²) in [6.07, 6.45) is 3.02. The van der Waals surface area contributed by atoms with Crippen molar-refractivity contribution in [3.63, 3.8) is 0 Å². The third-order valence-corrected chi connectivity index (χ3v) is 3.23. The van der Waals surface area contributed by atoms with Gasteiger partial charge in [0.1, 0.15) is 5.75 Å². The molecule has 1 heterocycles. The molecule has 0 amide bonds. The molecular formula is C12H15BrO3. The summed E-state index contributed by atoms with van der Waals surface area (Å²) in [5.41, 5.74) is 0.842. The molecule has 4 heteroatoms. The van der Waals surface area contributed by atoms with Crippen molar-refractivity contribution in [2.24, 2.45) is 0 Å². The van der Waals surface area contributed by atoms with E-state index in [1.54, 1.807) is 0 Å². The highest BCUT2D eigenvalue weighted by Crippen LogP contribution is 2.28. The molecule has 1 aliphatic heterocycles. The third-order valence-electron chi connectivity index (χ3n) is 2.57. The Hall–Kier alpha value is -0.580. The minimum atomic E-state index is -0.154. The fraction of sp³-hybridized carbons (Fsp3) is 0.500. The Balaban J connectivity index is 2.06. The second-order valence-electron chi connectivity index (χ2n) is 3.84. The van der Waals surface area contributed by atoms with Crippen LogP contribution in [-0.2, 0) is 11.3 Å². The van der Waals surface area contributed by atoms with Crippen molar-refractivity contribution >= 4 is 15.9 Å². The molecule has 16 heavy (non-hydrogen) atoms. The van der Waals surface area contributed by atoms with Gasteiger partial charge in [0, 0.05) is 6.42 Å². The molecule has 0 bridgehead atoms. The minimum absolute atomic E-state index is 0.0230. The molecule has 0 saturated carbocycles. The Morgan fingerprint density at radius 3 is 3.00 bits per heavy atom. The van der Waals surface area contributed by atoms with Crippen molar-refractivity contribution in [3.05, 3.63) is 28.2 Å². The lowest BCUT2D eigenvalue weighted by Crippen LogP contribution is -2.25. The zero-order valence-corrected chi connectivity index (χ0v) is 10.6. The van der Waals surface area contributed by atoms with Crippen molar-refractivity contribution in [1.29, 1.82) is 0 Å². The molecule has 1 aromatic carbocycles. The van der Waals surface area contributed by atoms with E-state index in [1.807, 2.05) is 18.2 Å². The van der Waals surface area contributed by atoms with E-state index in [9.17, 15) is 0 Å². The van der Waals surface area contributed by atoms with Crippen LogP contribution in [0.4, 0.5) is 0 Å². The fourth-order valence-electron chi connectivity index (χ4n) is 1.68. The third kappa shape index (κ3) is 2.97. The molecule has 0 spiro atoms. The molecule has 1 N–H and O–H groups in total. The van der Waals surface area contributed by atoms with Crippen LogP contribution in [0.5, 0.6) is 5.75 Å². The topological polar surface area (TPSA) is 38.7 Å². The van der Waals surface area contributed by atoms with E-state index in [1.165, 1.54) is 0 Å². The molecule has 1 atom stereocenters. The molecule has 1 aliphatic rings. The summed E-state index contributed by atoms with van der Waals surface area (Å²) < 4.78 is 12.1. The van der Waals surface area contributed by atoms with Crippen LogP contribution >= 0.6 is 15.9 Å². The lowest BCUT2D eigenvalue weighted by Gasteiger charge is -2.24. The average molecular weight is 287 g/mol. The van der Waals surface area contributed by atoms with Crippen molar-refractivity contribution in [2.45, 2.75) is 32.2 Å². The molecule has 0 aromatic heterocycles. The molecule has 0 aliphatic carbocycles. The van der Waals surface area contributed by atoms with Gasteiger partial charge in [0.05, 0.1) is 17.7 Å². The number of aliphatic hydroxyl groups excluding tert-OH is 1. The van der Waals surface area contributed by atoms with Crippen LogP contribution in [-0.4, -0.2) is 18.0 Å². The van der Waals surface area contributed by atoms with Crippen LogP contribution in [0.2, 0.25) is 0 Å². The van der Waals surface area contributed by atoms with Gasteiger partial charge in [-0.05, 0) is 46.5 Å². The molecule has 1 saturated heterocycles. The Kier molecular flexibility index (Phi) is 4.21. The molecule has 2 rings (SSSR count). The second-order valence-corrected chi connectivity index (χ2v) is 4.69. The van der Waals surface area contributed by atoms with E-state index in [2.05, 4.69) is 15.9 Å². The van der Waals surface area contributed by atoms with Crippen molar-refractivity contribution in [2.75, 3.05) is 6.61 Å². The summed E-state index contributed by atoms with van der Waals surface area (Å²) in [6, 6.07) is 5.57. The van der Waals surface area contributed by atoms with Gasteiger partial charge in [-0.2, -0.15) is 0 Å². The zero-order chi connectivity index (χ0) is 11.4. The maximum Gasteiger partial charge on any atom is 0.199 e. The van der Waals surface area contributed by atoms with Crippen molar-refractivity contribution in [1.82, 2.24) is 0 Å². The first-order valence-electron chi connectivity index (χ1n) is 5.47. The summed E-state index contributed by atoms with van der Waals surface area (Å²) in [5, 5.41) is 9.06. The van der Waals surface area contributed by atoms with E-state index >= 15 is 0 Å². The minimum Gasteiger partial charge on any atom is -0.464 e. The first-order chi connectivity index (χ1) is 7.79. The molecule has 0 radical (unpaired) electrons. The average Bonchev–Trinajstić information content (AvgIpc) is 2.33. The smallest absolute Gasteiger partial charge is 0.199 e. The quantitative estimate of drug-likeness (QED) is 0.929. The summed E-state index contributed by atoms with van der Waals surface area (Å²) in [6.45, 7) is 0.789. The molecular weight excluding hydrogens is 272 g/mol. The van der Waals surface area contributed by atoms with Crippen LogP contribution in [0.3, 0.4) is 0 Å². The number of halogens is 1. The maximum absolute atomic E-state index is 9.06. The molecule has 88 valence electrons. The summed E-state index contributed by atoms with van der Waals surface area (Å²) in [5.74, 6) is 0.735. The molecule has 1 fully saturated rings. The van der Waals surface area contributed by atoms with Crippen LogP contribution in [0, 0.1) is 0 Å². The van der Waals surface area contributed by atoms with E-state index in [0.717, 1.165) is 41.7 Å². The van der Waals surface area contributed by atoms with Gasteiger partial charge < -0.3 is 14.6 Å². The lowest BCUT2D eigenvalue weighted by atomic mass is 10.2. The van der Waals surface area contributed by atoms with Gasteiger partial charge in [-0.1, -0.05) is 6.07 Å². The van der Waals surface area contributed by atoms with E-state index in [4.69, 9.17) is 14.6 Å². The van der Waals surface area contributed by atoms with Crippen LogP contribution in [0.25, 0.3) is 0 Å². The molecule has 1 unspecified atom stereocenters. The lowest BCUT2D eigenvalue weighted by molar-refractivity contribution is -0.106. The fourth-order valence-corrected chi connectivity index (χ4v) is 2.02. The summed E-state index contributed by atoms with van der Waals surface area (Å²) in [4.78, 5) is 0. The largest absolute Gasteiger partial charge is 0.464 e. The van der Waals surface area contributed by atoms with Crippen LogP contribution in [0.15, 0.2) is 22.7 Å². The van der Waals surface area contributed by atoms with Gasteiger partial charge in [-0.3, -0.25) is 0 Å². The predicted molar refractivity (Wildman–Crippen MR) is 64.3 cm³/mol. The number of hydrogen-bond acceptors (Lipinski definition) is 3. The molecule has 3 nitrogen and oxygen atoms in total. The van der Waals surface area contributed by atoms with Gasteiger partial charge in [-0.15, -0.1) is 0 Å². The predicted octanol–water partition coefficient (Wildman–Crippen LogP) is 2.85. The summed E-state index contributed by atoms with van der Waals surface area (Å²) >= 11 is 3.42. The standard InChI is InChI=1S/C12H15BrO3/c13-10-5-4-9(8-14)7-11(10)16-12-3-1-2-6-15-12/h4-5,7,12,14H,1-3,6,8H2. The number of benzene rings is 1. The van der Waals surface area contributed by atoms with Gasteiger partial charge in [-0.25, -0.2) is 0 Å². The van der Waals surface area contributed by atoms with Gasteiger partial charge >= 0.3 is 0 Å². The highest BCUT2D eigenvalue weighted by atomic mass is 79.9. The monoisotopic (exact) mass is 286 g/mol. The van der Waals surface area contributed by atoms with E-state index < -0.39 is 0 Å². The van der Waals surface area contributed by atoms with E-state index in [0.29, 0.717) is 0 Å². The van der Waals surface area contributed by atoms with Crippen molar-refractivity contribution in [3.8, 4) is 5.75 Å². The number of rotatable bonds is 3. The maximum atomic E-state index is 9.06. The normalized spacial score (nSPS) is 20.8. The second kappa shape index (κ2) is 5.66. The van der Waals surface area contributed by atoms with Crippen LogP contribution in [0.1, 0.15) is 24.8 Å². The Morgan fingerprint density at radius 2 is 2.31 bits per heavy atom. The van der Waals surface area contributed by atoms with Gasteiger partial charge in [0.2, 0.25) is 0 Å². The molecule has 1 aromatic rings. The Morgan fingerprint density at radius 1 is 1.44 bits per heavy atom. The Bertz CT molecular complexity index is 348. The van der Waals surface area contributed by atoms with Gasteiger partial charge in [0.25, 0.3) is 0 Å². The van der Waals surface area contributed by atoms with Gasteiger partial charge in [0.15, 0.2) is 6.29 Å². The number of hydrogen-bond donors (Lipinski definition) is 1. The zero-order valence-electron chi connectivity index (χ0n) is 8.99. The van der Waals surface area contributed by atoms with Crippen molar-refractivity contribution < 1.29 is 14.6 Å². The SMILES string of the molecule is OCc1ccc(Br)c(OC2CCCCO2)c1. The first-order valence-corrected chi connectivity index (χ1v) is 6.26. The highest BCUT2D eigenvalue weighted by molar-refractivity contribution is 9.10. The number of ether oxygens (including phenoxy) is 2. The highest BCUT2D eigenvalue weighted by Gasteiger charge is 2.16. The van der Waals surface area contributed by atoms with Crippen LogP contribution < -0.4 is 4.74 Å².